The molecule has 0 unspecified atom stereocenters. The van der Waals surface area contributed by atoms with E-state index in [1.165, 1.54) is 0 Å². The smallest absolute Gasteiger partial charge is 0.306 e. The molecule has 0 aliphatic heterocycles. The summed E-state index contributed by atoms with van der Waals surface area (Å²) in [6.45, 7) is 6.54. The number of carbonyl (C=O) groups excluding carboxylic acids is 1. The molecule has 5 N–H and O–H groups in total. The van der Waals surface area contributed by atoms with Crippen LogP contribution in [-0.4, -0.2) is 25.7 Å². The molecule has 0 heterocycles. The lowest BCUT2D eigenvalue weighted by molar-refractivity contribution is -0.144. The fraction of sp³-hybridized carbons (Fsp3) is 0.316. The molecule has 8 heteroatoms. The van der Waals surface area contributed by atoms with E-state index in [0.717, 1.165) is 11.1 Å². The fourth-order valence-corrected chi connectivity index (χ4v) is 1.84. The Morgan fingerprint density at radius 2 is 1.78 bits per heavy atom. The van der Waals surface area contributed by atoms with E-state index in [4.69, 9.17) is 30.5 Å². The predicted octanol–water partition coefficient (Wildman–Crippen LogP) is 0.772. The highest BCUT2D eigenvalue weighted by Crippen LogP contribution is 2.23. The van der Waals surface area contributed by atoms with Gasteiger partial charge in [0.1, 0.15) is 30.3 Å². The third-order valence-corrected chi connectivity index (χ3v) is 2.90. The van der Waals surface area contributed by atoms with Gasteiger partial charge in [0.05, 0.1) is 13.2 Å². The molecule has 27 heavy (non-hydrogen) atoms. The molecule has 0 aliphatic carbocycles. The zero-order chi connectivity index (χ0) is 19.9. The molecule has 1 aromatic rings. The minimum atomic E-state index is -0.339. The van der Waals surface area contributed by atoms with Gasteiger partial charge in [-0.25, -0.2) is 0 Å². The molecule has 0 spiro atoms. The first-order valence-corrected chi connectivity index (χ1v) is 8.08. The molecule has 1 rings (SSSR count). The summed E-state index contributed by atoms with van der Waals surface area (Å²) >= 11 is 0. The first-order chi connectivity index (χ1) is 13.0. The number of rotatable bonds is 11. The Bertz CT molecular complexity index is 716. The van der Waals surface area contributed by atoms with E-state index in [9.17, 15) is 4.79 Å². The molecule has 1 aromatic carbocycles. The number of hydroxylamine groups is 1. The Labute approximate surface area is 158 Å². The average molecular weight is 373 g/mol. The SMILES string of the molecule is C=C(C)CONCCOC(=O)CCc1cc(OC#CN)cc(OC#CN)c1. The van der Waals surface area contributed by atoms with Crippen LogP contribution in [0, 0.1) is 24.3 Å². The highest BCUT2D eigenvalue weighted by atomic mass is 16.6. The Morgan fingerprint density at radius 1 is 1.15 bits per heavy atom. The van der Waals surface area contributed by atoms with Gasteiger partial charge >= 0.3 is 5.97 Å². The Kier molecular flexibility index (Phi) is 10.4. The first-order valence-electron chi connectivity index (χ1n) is 8.08. The number of aryl methyl sites for hydroxylation is 1. The van der Waals surface area contributed by atoms with Crippen molar-refractivity contribution in [2.45, 2.75) is 19.8 Å². The number of ether oxygens (including phenoxy) is 3. The van der Waals surface area contributed by atoms with Gasteiger partial charge < -0.3 is 25.7 Å². The standard InChI is InChI=1S/C19H23N3O5/c1-15(2)14-27-22-7-10-26-19(23)4-3-16-11-17(24-8-5-20)13-18(12-16)25-9-6-21/h11-13,22H,1,3-4,7,10,14,20-21H2,2H3. The van der Waals surface area contributed by atoms with Crippen molar-refractivity contribution in [1.29, 1.82) is 0 Å². The summed E-state index contributed by atoms with van der Waals surface area (Å²) in [6, 6.07) is 9.28. The van der Waals surface area contributed by atoms with E-state index in [0.29, 0.717) is 31.1 Å². The van der Waals surface area contributed by atoms with Crippen LogP contribution in [0.1, 0.15) is 18.9 Å². The summed E-state index contributed by atoms with van der Waals surface area (Å²) in [4.78, 5) is 16.9. The second kappa shape index (κ2) is 13.0. The Morgan fingerprint density at radius 3 is 2.33 bits per heavy atom. The van der Waals surface area contributed by atoms with Gasteiger partial charge in [0.2, 0.25) is 0 Å². The summed E-state index contributed by atoms with van der Waals surface area (Å²) < 4.78 is 15.4. The van der Waals surface area contributed by atoms with Crippen molar-refractivity contribution >= 4 is 5.97 Å². The van der Waals surface area contributed by atoms with E-state index in [2.05, 4.69) is 36.4 Å². The Balaban J connectivity index is 2.48. The van der Waals surface area contributed by atoms with E-state index in [1.54, 1.807) is 18.2 Å². The summed E-state index contributed by atoms with van der Waals surface area (Å²) in [7, 11) is 0. The maximum absolute atomic E-state index is 11.8. The molecular weight excluding hydrogens is 350 g/mol. The highest BCUT2D eigenvalue weighted by molar-refractivity contribution is 5.69. The van der Waals surface area contributed by atoms with E-state index in [-0.39, 0.29) is 19.0 Å². The second-order valence-electron chi connectivity index (χ2n) is 5.37. The zero-order valence-electron chi connectivity index (χ0n) is 15.2. The third-order valence-electron chi connectivity index (χ3n) is 2.90. The fourth-order valence-electron chi connectivity index (χ4n) is 1.84. The average Bonchev–Trinajstić information content (AvgIpc) is 2.65. The number of benzene rings is 1. The molecule has 0 amide bonds. The predicted molar refractivity (Wildman–Crippen MR) is 99.7 cm³/mol. The number of hydrogen-bond donors (Lipinski definition) is 3. The highest BCUT2D eigenvalue weighted by Gasteiger charge is 2.08. The maximum atomic E-state index is 11.8. The molecule has 0 saturated carbocycles. The van der Waals surface area contributed by atoms with Crippen LogP contribution in [0.4, 0.5) is 0 Å². The number of nitrogens with two attached hydrogens (primary N) is 2. The lowest BCUT2D eigenvalue weighted by atomic mass is 10.1. The molecule has 0 fully saturated rings. The molecule has 0 bridgehead atoms. The molecule has 0 aromatic heterocycles. The number of nitrogens with one attached hydrogen (secondary N) is 1. The number of carbonyl (C=O) groups is 1. The Hall–Kier alpha value is -3.33. The van der Waals surface area contributed by atoms with Crippen LogP contribution in [-0.2, 0) is 20.8 Å². The summed E-state index contributed by atoms with van der Waals surface area (Å²) in [5.74, 6) is 0.479. The van der Waals surface area contributed by atoms with Crippen LogP contribution in [0.25, 0.3) is 0 Å². The number of hydrogen-bond acceptors (Lipinski definition) is 8. The van der Waals surface area contributed by atoms with Crippen molar-refractivity contribution in [1.82, 2.24) is 5.48 Å². The van der Waals surface area contributed by atoms with Crippen LogP contribution in [0.15, 0.2) is 30.4 Å². The van der Waals surface area contributed by atoms with Gasteiger partial charge in [0, 0.05) is 24.6 Å². The summed E-state index contributed by atoms with van der Waals surface area (Å²) in [5.41, 5.74) is 14.5. The first kappa shape index (κ1) is 21.7. The van der Waals surface area contributed by atoms with Crippen LogP contribution < -0.4 is 26.4 Å². The van der Waals surface area contributed by atoms with E-state index in [1.807, 2.05) is 6.92 Å². The quantitative estimate of drug-likeness (QED) is 0.130. The van der Waals surface area contributed by atoms with Crippen molar-refractivity contribution < 1.29 is 23.8 Å². The van der Waals surface area contributed by atoms with Gasteiger partial charge in [-0.15, -0.1) is 0 Å². The zero-order valence-corrected chi connectivity index (χ0v) is 15.2. The van der Waals surface area contributed by atoms with Gasteiger partial charge in [0.25, 0.3) is 0 Å². The molecular formula is C19H23N3O5. The van der Waals surface area contributed by atoms with Gasteiger partial charge in [-0.3, -0.25) is 9.63 Å². The number of esters is 1. The molecule has 0 aliphatic rings. The van der Waals surface area contributed by atoms with Crippen molar-refractivity contribution in [2.24, 2.45) is 11.5 Å². The van der Waals surface area contributed by atoms with Crippen LogP contribution in [0.5, 0.6) is 11.5 Å². The van der Waals surface area contributed by atoms with Crippen molar-refractivity contribution in [3.8, 4) is 35.8 Å². The van der Waals surface area contributed by atoms with Gasteiger partial charge in [-0.2, -0.15) is 5.48 Å². The van der Waals surface area contributed by atoms with Crippen molar-refractivity contribution in [3.05, 3.63) is 35.9 Å². The molecule has 0 radical (unpaired) electrons. The van der Waals surface area contributed by atoms with Crippen molar-refractivity contribution in [2.75, 3.05) is 19.8 Å². The van der Waals surface area contributed by atoms with Gasteiger partial charge in [-0.05, 0) is 31.0 Å². The minimum Gasteiger partial charge on any atom is -0.464 e. The molecule has 0 saturated heterocycles. The van der Waals surface area contributed by atoms with E-state index >= 15 is 0 Å². The summed E-state index contributed by atoms with van der Waals surface area (Å²) in [6.07, 6.45) is 5.17. The largest absolute Gasteiger partial charge is 0.464 e. The lowest BCUT2D eigenvalue weighted by Crippen LogP contribution is -2.22. The monoisotopic (exact) mass is 373 g/mol. The summed E-state index contributed by atoms with van der Waals surface area (Å²) in [5, 5.41) is 0. The molecule has 8 nitrogen and oxygen atoms in total. The van der Waals surface area contributed by atoms with Crippen LogP contribution in [0.2, 0.25) is 0 Å². The van der Waals surface area contributed by atoms with Crippen LogP contribution >= 0.6 is 0 Å². The molecule has 0 atom stereocenters. The topological polar surface area (TPSA) is 118 Å². The van der Waals surface area contributed by atoms with Crippen LogP contribution in [0.3, 0.4) is 0 Å². The minimum absolute atomic E-state index is 0.181. The normalized spacial score (nSPS) is 9.22. The van der Waals surface area contributed by atoms with E-state index < -0.39 is 0 Å². The van der Waals surface area contributed by atoms with Gasteiger partial charge in [-0.1, -0.05) is 12.2 Å². The van der Waals surface area contributed by atoms with Crippen molar-refractivity contribution in [3.63, 3.8) is 0 Å². The second-order valence-corrected chi connectivity index (χ2v) is 5.37. The molecule has 144 valence electrons. The maximum Gasteiger partial charge on any atom is 0.306 e. The van der Waals surface area contributed by atoms with Gasteiger partial charge in [0.15, 0.2) is 0 Å². The lowest BCUT2D eigenvalue weighted by Gasteiger charge is -2.08. The third kappa shape index (κ3) is 10.3.